The molecule has 0 amide bonds. The third-order valence-electron chi connectivity index (χ3n) is 4.55. The summed E-state index contributed by atoms with van der Waals surface area (Å²) in [5, 5.41) is 2.44. The molecule has 0 unspecified atom stereocenters. The van der Waals surface area contributed by atoms with E-state index in [-0.39, 0.29) is 5.41 Å². The van der Waals surface area contributed by atoms with Crippen molar-refractivity contribution in [2.24, 2.45) is 14.1 Å². The number of hydrogen-bond donors (Lipinski definition) is 0. The number of aromatic nitrogens is 6. The number of nitrogens with zero attached hydrogens (tertiary/aromatic N) is 6. The minimum absolute atomic E-state index is 0.311. The monoisotopic (exact) mass is 428 g/mol. The molecule has 0 aromatic carbocycles. The van der Waals surface area contributed by atoms with E-state index < -0.39 is 11.2 Å². The highest BCUT2D eigenvalue weighted by atomic mass is 32.2. The quantitative estimate of drug-likeness (QED) is 0.453. The van der Waals surface area contributed by atoms with Crippen LogP contribution in [0, 0.1) is 6.92 Å². The predicted molar refractivity (Wildman–Crippen MR) is 115 cm³/mol. The lowest BCUT2D eigenvalue weighted by molar-refractivity contribution is 0.539. The molecule has 4 aromatic heterocycles. The minimum atomic E-state index is -0.421. The van der Waals surface area contributed by atoms with Gasteiger partial charge < -0.3 is 0 Å². The number of hydrogen-bond acceptors (Lipinski definition) is 8. The summed E-state index contributed by atoms with van der Waals surface area (Å²) in [6, 6.07) is 2.03. The summed E-state index contributed by atoms with van der Waals surface area (Å²) in [6.45, 7) is 8.00. The molecule has 0 fully saturated rings. The van der Waals surface area contributed by atoms with Crippen molar-refractivity contribution in [3.05, 3.63) is 43.9 Å². The molecule has 0 saturated heterocycles. The summed E-state index contributed by atoms with van der Waals surface area (Å²) < 4.78 is 2.47. The van der Waals surface area contributed by atoms with Crippen LogP contribution in [-0.2, 0) is 19.5 Å². The maximum absolute atomic E-state index is 13.0. The van der Waals surface area contributed by atoms with Gasteiger partial charge in [0.25, 0.3) is 5.56 Å². The molecule has 4 aromatic rings. The highest BCUT2D eigenvalue weighted by Crippen LogP contribution is 2.36. The second-order valence-electron chi connectivity index (χ2n) is 7.86. The summed E-state index contributed by atoms with van der Waals surface area (Å²) in [6.07, 6.45) is 1.52. The molecule has 29 heavy (non-hydrogen) atoms. The van der Waals surface area contributed by atoms with Gasteiger partial charge in [-0.3, -0.25) is 13.9 Å². The van der Waals surface area contributed by atoms with Crippen molar-refractivity contribution < 1.29 is 0 Å². The van der Waals surface area contributed by atoms with Gasteiger partial charge in [0, 0.05) is 29.8 Å². The summed E-state index contributed by atoms with van der Waals surface area (Å²) >= 11 is 2.89. The van der Waals surface area contributed by atoms with Crippen molar-refractivity contribution >= 4 is 44.3 Å². The molecular formula is C19H20N6O2S2. The van der Waals surface area contributed by atoms with Gasteiger partial charge in [0.15, 0.2) is 5.65 Å². The average molecular weight is 429 g/mol. The highest BCUT2D eigenvalue weighted by molar-refractivity contribution is 7.99. The van der Waals surface area contributed by atoms with Crippen LogP contribution in [0.5, 0.6) is 0 Å². The molecule has 0 bridgehead atoms. The number of rotatable bonds is 2. The van der Waals surface area contributed by atoms with E-state index in [1.165, 1.54) is 29.7 Å². The van der Waals surface area contributed by atoms with Crippen LogP contribution in [0.15, 0.2) is 32.0 Å². The molecule has 10 heteroatoms. The first-order valence-electron chi connectivity index (χ1n) is 8.95. The summed E-state index contributed by atoms with van der Waals surface area (Å²) in [4.78, 5) is 45.5. The number of fused-ring (bicyclic) bond motifs is 2. The van der Waals surface area contributed by atoms with Gasteiger partial charge in [0.2, 0.25) is 0 Å². The Morgan fingerprint density at radius 1 is 1.03 bits per heavy atom. The molecule has 4 heterocycles. The Bertz CT molecular complexity index is 1390. The average Bonchev–Trinajstić information content (AvgIpc) is 3.04. The van der Waals surface area contributed by atoms with Crippen LogP contribution < -0.4 is 11.2 Å². The lowest BCUT2D eigenvalue weighted by Crippen LogP contribution is -2.38. The predicted octanol–water partition coefficient (Wildman–Crippen LogP) is 2.79. The Morgan fingerprint density at radius 3 is 2.45 bits per heavy atom. The van der Waals surface area contributed by atoms with Crippen LogP contribution in [0.25, 0.3) is 21.3 Å². The Kier molecular flexibility index (Phi) is 4.58. The van der Waals surface area contributed by atoms with Gasteiger partial charge in [0.05, 0.1) is 0 Å². The number of thiophene rings is 1. The lowest BCUT2D eigenvalue weighted by atomic mass is 9.96. The number of aryl methyl sites for hydroxylation is 2. The van der Waals surface area contributed by atoms with Gasteiger partial charge in [0.1, 0.15) is 32.4 Å². The van der Waals surface area contributed by atoms with Crippen molar-refractivity contribution in [1.82, 2.24) is 29.1 Å². The summed E-state index contributed by atoms with van der Waals surface area (Å²) in [7, 11) is 3.07. The maximum Gasteiger partial charge on any atom is 0.332 e. The topological polar surface area (TPSA) is 95.6 Å². The van der Waals surface area contributed by atoms with Crippen LogP contribution in [-0.4, -0.2) is 29.1 Å². The largest absolute Gasteiger partial charge is 0.332 e. The fraction of sp³-hybridized carbons (Fsp3) is 0.368. The molecule has 0 spiro atoms. The van der Waals surface area contributed by atoms with Gasteiger partial charge in [-0.25, -0.2) is 24.7 Å². The molecule has 0 aliphatic heterocycles. The van der Waals surface area contributed by atoms with Crippen LogP contribution in [0.4, 0.5) is 0 Å². The zero-order valence-electron chi connectivity index (χ0n) is 17.0. The third kappa shape index (κ3) is 3.25. The maximum atomic E-state index is 13.0. The van der Waals surface area contributed by atoms with Crippen molar-refractivity contribution in [3.8, 4) is 0 Å². The molecule has 0 aliphatic carbocycles. The first-order valence-corrected chi connectivity index (χ1v) is 10.6. The first kappa shape index (κ1) is 19.7. The summed E-state index contributed by atoms with van der Waals surface area (Å²) in [5.41, 5.74) is -0.874. The third-order valence-corrected chi connectivity index (χ3v) is 6.51. The zero-order valence-corrected chi connectivity index (χ0v) is 18.6. The second kappa shape index (κ2) is 6.74. The van der Waals surface area contributed by atoms with Crippen LogP contribution in [0.1, 0.15) is 31.5 Å². The molecule has 0 radical (unpaired) electrons. The van der Waals surface area contributed by atoms with E-state index in [1.807, 2.05) is 33.8 Å². The molecular weight excluding hydrogens is 408 g/mol. The van der Waals surface area contributed by atoms with Gasteiger partial charge >= 0.3 is 5.69 Å². The molecule has 4 rings (SSSR count). The van der Waals surface area contributed by atoms with Crippen molar-refractivity contribution in [1.29, 1.82) is 0 Å². The van der Waals surface area contributed by atoms with Crippen molar-refractivity contribution in [2.45, 2.75) is 43.2 Å². The fourth-order valence-corrected chi connectivity index (χ4v) is 4.84. The first-order chi connectivity index (χ1) is 13.6. The van der Waals surface area contributed by atoms with Crippen LogP contribution in [0.3, 0.4) is 0 Å². The second-order valence-corrected chi connectivity index (χ2v) is 10.1. The molecule has 0 aliphatic rings. The lowest BCUT2D eigenvalue weighted by Gasteiger charge is -2.19. The van der Waals surface area contributed by atoms with E-state index in [0.29, 0.717) is 21.9 Å². The van der Waals surface area contributed by atoms with E-state index in [0.717, 1.165) is 24.7 Å². The SMILES string of the molecule is Cc1cc2c(Sc3nc(C(C)(C)C)nc4c3c(=O)n(C)c(=O)n4C)ncnc2s1. The van der Waals surface area contributed by atoms with Gasteiger partial charge in [-0.2, -0.15) is 0 Å². The molecule has 0 saturated carbocycles. The normalized spacial score (nSPS) is 12.2. The summed E-state index contributed by atoms with van der Waals surface area (Å²) in [5.74, 6) is 0.558. The van der Waals surface area contributed by atoms with E-state index >= 15 is 0 Å². The minimum Gasteiger partial charge on any atom is -0.280 e. The van der Waals surface area contributed by atoms with Crippen LogP contribution in [0.2, 0.25) is 0 Å². The Labute approximate surface area is 174 Å². The zero-order chi connectivity index (χ0) is 21.1. The van der Waals surface area contributed by atoms with Gasteiger partial charge in [-0.05, 0) is 24.8 Å². The smallest absolute Gasteiger partial charge is 0.280 e. The Hall–Kier alpha value is -2.59. The van der Waals surface area contributed by atoms with Crippen molar-refractivity contribution in [3.63, 3.8) is 0 Å². The molecule has 0 N–H and O–H groups in total. The standard InChI is InChI=1S/C19H20N6O2S2/c1-9-7-10-13(28-9)20-8-21-14(10)29-15-11-12(22-17(23-15)19(2,3)4)24(5)18(27)25(6)16(11)26/h7-8H,1-6H3. The Morgan fingerprint density at radius 2 is 1.76 bits per heavy atom. The van der Waals surface area contributed by atoms with E-state index in [1.54, 1.807) is 18.4 Å². The fourth-order valence-electron chi connectivity index (χ4n) is 2.97. The Balaban J connectivity index is 2.07. The van der Waals surface area contributed by atoms with Gasteiger partial charge in [-0.15, -0.1) is 11.3 Å². The molecule has 0 atom stereocenters. The van der Waals surface area contributed by atoms with Crippen molar-refractivity contribution in [2.75, 3.05) is 0 Å². The van der Waals surface area contributed by atoms with Gasteiger partial charge in [-0.1, -0.05) is 20.8 Å². The molecule has 150 valence electrons. The van der Waals surface area contributed by atoms with Crippen LogP contribution >= 0.6 is 23.1 Å². The van der Waals surface area contributed by atoms with E-state index in [2.05, 4.69) is 15.0 Å². The van der Waals surface area contributed by atoms with E-state index in [9.17, 15) is 9.59 Å². The van der Waals surface area contributed by atoms with E-state index in [4.69, 9.17) is 4.98 Å². The highest BCUT2D eigenvalue weighted by Gasteiger charge is 2.24. The molecule has 8 nitrogen and oxygen atoms in total.